The van der Waals surface area contributed by atoms with E-state index in [0.29, 0.717) is 5.75 Å². The minimum Gasteiger partial charge on any atom is -0.478 e. The summed E-state index contributed by atoms with van der Waals surface area (Å²) >= 11 is 1.48. The van der Waals surface area contributed by atoms with Crippen molar-refractivity contribution in [2.45, 2.75) is 10.6 Å². The zero-order valence-electron chi connectivity index (χ0n) is 10.2. The van der Waals surface area contributed by atoms with Crippen LogP contribution in [0.15, 0.2) is 47.5 Å². The van der Waals surface area contributed by atoms with Crippen molar-refractivity contribution in [3.8, 4) is 0 Å². The average molecular weight is 290 g/mol. The van der Waals surface area contributed by atoms with Crippen molar-refractivity contribution in [3.05, 3.63) is 64.0 Å². The van der Waals surface area contributed by atoms with Crippen molar-refractivity contribution in [1.82, 2.24) is 4.98 Å². The van der Waals surface area contributed by atoms with Crippen LogP contribution in [0.1, 0.15) is 16.1 Å². The molecule has 1 N–H and O–H groups in total. The third-order valence-electron chi connectivity index (χ3n) is 2.51. The van der Waals surface area contributed by atoms with Gasteiger partial charge in [-0.1, -0.05) is 0 Å². The summed E-state index contributed by atoms with van der Waals surface area (Å²) in [7, 11) is 0. The predicted octanol–water partition coefficient (Wildman–Crippen LogP) is 2.98. The van der Waals surface area contributed by atoms with Crippen LogP contribution in [0.3, 0.4) is 0 Å². The van der Waals surface area contributed by atoms with Gasteiger partial charge in [-0.2, -0.15) is 0 Å². The smallest absolute Gasteiger partial charge is 0.337 e. The highest BCUT2D eigenvalue weighted by Gasteiger charge is 2.06. The SMILES string of the molecule is O=C(O)c1ccc(CSc2ccc([N+](=O)[O-])cc2)nc1. The van der Waals surface area contributed by atoms with Crippen LogP contribution in [-0.4, -0.2) is 21.0 Å². The van der Waals surface area contributed by atoms with Crippen LogP contribution < -0.4 is 0 Å². The Balaban J connectivity index is 1.97. The van der Waals surface area contributed by atoms with E-state index in [0.717, 1.165) is 10.6 Å². The van der Waals surface area contributed by atoms with Gasteiger partial charge in [0.2, 0.25) is 0 Å². The number of hydrogen-bond acceptors (Lipinski definition) is 5. The van der Waals surface area contributed by atoms with Crippen molar-refractivity contribution >= 4 is 23.4 Å². The number of hydrogen-bond donors (Lipinski definition) is 1. The first-order valence-corrected chi connectivity index (χ1v) is 6.60. The number of nitro benzene ring substituents is 1. The van der Waals surface area contributed by atoms with E-state index in [-0.39, 0.29) is 11.3 Å². The molecule has 0 unspecified atom stereocenters. The van der Waals surface area contributed by atoms with Crippen LogP contribution in [0.2, 0.25) is 0 Å². The van der Waals surface area contributed by atoms with E-state index in [1.165, 1.54) is 36.2 Å². The highest BCUT2D eigenvalue weighted by Crippen LogP contribution is 2.24. The fraction of sp³-hybridized carbons (Fsp3) is 0.0769. The molecule has 0 saturated carbocycles. The zero-order chi connectivity index (χ0) is 14.5. The Kier molecular flexibility index (Phi) is 4.31. The Morgan fingerprint density at radius 2 is 1.95 bits per heavy atom. The highest BCUT2D eigenvalue weighted by atomic mass is 32.2. The maximum absolute atomic E-state index is 10.7. The highest BCUT2D eigenvalue weighted by molar-refractivity contribution is 7.98. The number of aromatic nitrogens is 1. The lowest BCUT2D eigenvalue weighted by Gasteiger charge is -2.02. The summed E-state index contributed by atoms with van der Waals surface area (Å²) in [5.41, 5.74) is 0.950. The quantitative estimate of drug-likeness (QED) is 0.517. The van der Waals surface area contributed by atoms with Crippen LogP contribution in [0.5, 0.6) is 0 Å². The molecule has 1 aromatic heterocycles. The standard InChI is InChI=1S/C13H10N2O4S/c16-13(17)9-1-2-10(14-7-9)8-20-12-5-3-11(4-6-12)15(18)19/h1-7H,8H2,(H,16,17). The van der Waals surface area contributed by atoms with Crippen molar-refractivity contribution in [2.75, 3.05) is 0 Å². The Morgan fingerprint density at radius 1 is 1.25 bits per heavy atom. The Hall–Kier alpha value is -2.41. The lowest BCUT2D eigenvalue weighted by Crippen LogP contribution is -1.98. The second-order valence-corrected chi connectivity index (χ2v) is 4.93. The molecule has 6 nitrogen and oxygen atoms in total. The molecule has 2 aromatic rings. The summed E-state index contributed by atoms with van der Waals surface area (Å²) in [4.78, 5) is 25.7. The molecular formula is C13H10N2O4S. The van der Waals surface area contributed by atoms with Gasteiger partial charge in [-0.3, -0.25) is 15.1 Å². The van der Waals surface area contributed by atoms with Crippen LogP contribution >= 0.6 is 11.8 Å². The number of carbonyl (C=O) groups is 1. The molecule has 2 rings (SSSR count). The normalized spacial score (nSPS) is 10.2. The minimum atomic E-state index is -1.01. The predicted molar refractivity (Wildman–Crippen MR) is 73.9 cm³/mol. The van der Waals surface area contributed by atoms with Gasteiger partial charge in [0.15, 0.2) is 0 Å². The van der Waals surface area contributed by atoms with Crippen LogP contribution in [0, 0.1) is 10.1 Å². The number of nitrogens with zero attached hydrogens (tertiary/aromatic N) is 2. The first-order valence-electron chi connectivity index (χ1n) is 5.62. The third-order valence-corrected chi connectivity index (χ3v) is 3.55. The van der Waals surface area contributed by atoms with Gasteiger partial charge in [-0.15, -0.1) is 11.8 Å². The summed E-state index contributed by atoms with van der Waals surface area (Å²) in [5, 5.41) is 19.3. The van der Waals surface area contributed by atoms with E-state index >= 15 is 0 Å². The summed E-state index contributed by atoms with van der Waals surface area (Å²) in [6.45, 7) is 0. The maximum atomic E-state index is 10.7. The van der Waals surface area contributed by atoms with E-state index in [2.05, 4.69) is 4.98 Å². The summed E-state index contributed by atoms with van der Waals surface area (Å²) < 4.78 is 0. The molecule has 0 fully saturated rings. The van der Waals surface area contributed by atoms with Crippen LogP contribution in [0.25, 0.3) is 0 Å². The molecule has 102 valence electrons. The number of pyridine rings is 1. The van der Waals surface area contributed by atoms with Crippen molar-refractivity contribution in [3.63, 3.8) is 0 Å². The van der Waals surface area contributed by atoms with E-state index in [9.17, 15) is 14.9 Å². The second-order valence-electron chi connectivity index (χ2n) is 3.88. The number of carboxylic acid groups (broad SMARTS) is 1. The largest absolute Gasteiger partial charge is 0.478 e. The fourth-order valence-electron chi connectivity index (χ4n) is 1.46. The molecular weight excluding hydrogens is 280 g/mol. The van der Waals surface area contributed by atoms with Gasteiger partial charge in [0, 0.05) is 29.0 Å². The number of non-ortho nitro benzene ring substituents is 1. The van der Waals surface area contributed by atoms with Crippen molar-refractivity contribution < 1.29 is 14.8 Å². The molecule has 0 atom stereocenters. The zero-order valence-corrected chi connectivity index (χ0v) is 11.0. The lowest BCUT2D eigenvalue weighted by atomic mass is 10.2. The summed E-state index contributed by atoms with van der Waals surface area (Å²) in [5.74, 6) is -0.440. The lowest BCUT2D eigenvalue weighted by molar-refractivity contribution is -0.384. The molecule has 0 amide bonds. The number of thioether (sulfide) groups is 1. The molecule has 1 aromatic carbocycles. The molecule has 7 heteroatoms. The minimum absolute atomic E-state index is 0.0540. The van der Waals surface area contributed by atoms with Gasteiger partial charge in [0.1, 0.15) is 0 Å². The first-order chi connectivity index (χ1) is 9.56. The number of aromatic carboxylic acids is 1. The molecule has 0 aliphatic carbocycles. The molecule has 0 radical (unpaired) electrons. The van der Waals surface area contributed by atoms with E-state index in [4.69, 9.17) is 5.11 Å². The molecule has 0 bridgehead atoms. The summed E-state index contributed by atoms with van der Waals surface area (Å²) in [6, 6.07) is 9.40. The van der Waals surface area contributed by atoms with Crippen molar-refractivity contribution in [1.29, 1.82) is 0 Å². The molecule has 0 spiro atoms. The molecule has 1 heterocycles. The first kappa shape index (κ1) is 14.0. The number of nitro groups is 1. The van der Waals surface area contributed by atoms with E-state index in [1.54, 1.807) is 18.2 Å². The third kappa shape index (κ3) is 3.55. The fourth-order valence-corrected chi connectivity index (χ4v) is 2.27. The van der Waals surface area contributed by atoms with Crippen LogP contribution in [-0.2, 0) is 5.75 Å². The van der Waals surface area contributed by atoms with Gasteiger partial charge in [-0.25, -0.2) is 4.79 Å². The average Bonchev–Trinajstić information content (AvgIpc) is 2.46. The molecule has 0 saturated heterocycles. The van der Waals surface area contributed by atoms with Gasteiger partial charge in [-0.05, 0) is 24.3 Å². The van der Waals surface area contributed by atoms with Gasteiger partial charge >= 0.3 is 5.97 Å². The van der Waals surface area contributed by atoms with E-state index in [1.807, 2.05) is 0 Å². The number of benzene rings is 1. The Morgan fingerprint density at radius 3 is 2.45 bits per heavy atom. The maximum Gasteiger partial charge on any atom is 0.337 e. The monoisotopic (exact) mass is 290 g/mol. The van der Waals surface area contributed by atoms with Gasteiger partial charge < -0.3 is 5.11 Å². The van der Waals surface area contributed by atoms with Gasteiger partial charge in [0.25, 0.3) is 5.69 Å². The second kappa shape index (κ2) is 6.16. The Labute approximate surface area is 118 Å². The number of rotatable bonds is 5. The van der Waals surface area contributed by atoms with Crippen molar-refractivity contribution in [2.24, 2.45) is 0 Å². The summed E-state index contributed by atoms with van der Waals surface area (Å²) in [6.07, 6.45) is 1.31. The topological polar surface area (TPSA) is 93.3 Å². The Bertz CT molecular complexity index is 568. The van der Waals surface area contributed by atoms with Gasteiger partial charge in [0.05, 0.1) is 16.2 Å². The van der Waals surface area contributed by atoms with E-state index < -0.39 is 10.9 Å². The molecule has 20 heavy (non-hydrogen) atoms. The van der Waals surface area contributed by atoms with Crippen LogP contribution in [0.4, 0.5) is 5.69 Å². The molecule has 0 aliphatic heterocycles. The number of carboxylic acids is 1. The molecule has 0 aliphatic rings.